The number of nitrogens with one attached hydrogen (secondary N) is 1. The van der Waals surface area contributed by atoms with Crippen LogP contribution < -0.4 is 5.32 Å². The van der Waals surface area contributed by atoms with Gasteiger partial charge in [0, 0.05) is 36.8 Å². The van der Waals surface area contributed by atoms with E-state index in [9.17, 15) is 0 Å². The van der Waals surface area contributed by atoms with Crippen molar-refractivity contribution in [3.63, 3.8) is 0 Å². The molecule has 1 saturated heterocycles. The maximum Gasteiger partial charge on any atom is 0.0338 e. The van der Waals surface area contributed by atoms with Crippen molar-refractivity contribution >= 4 is 11.6 Å². The molecule has 0 aromatic heterocycles. The van der Waals surface area contributed by atoms with Gasteiger partial charge in [-0.25, -0.2) is 0 Å². The Morgan fingerprint density at radius 1 is 1.24 bits per heavy atom. The van der Waals surface area contributed by atoms with Crippen LogP contribution in [-0.2, 0) is 0 Å². The second-order valence-corrected chi connectivity index (χ2v) is 8.07. The normalized spacial score (nSPS) is 36.9. The zero-order valence-corrected chi connectivity index (χ0v) is 14.5. The second kappa shape index (κ2) is 6.60. The molecular weight excluding hydrogens is 280 g/mol. The lowest BCUT2D eigenvalue weighted by atomic mass is 9.80. The van der Waals surface area contributed by atoms with E-state index in [0.717, 1.165) is 24.9 Å². The molecule has 0 spiro atoms. The average Bonchev–Trinajstić information content (AvgIpc) is 3.35. The van der Waals surface area contributed by atoms with Crippen molar-refractivity contribution in [2.24, 2.45) is 11.8 Å². The Morgan fingerprint density at radius 2 is 1.95 bits per heavy atom. The summed E-state index contributed by atoms with van der Waals surface area (Å²) in [6.07, 6.45) is 9.98. The Bertz CT molecular complexity index is 385. The zero-order chi connectivity index (χ0) is 14.9. The summed E-state index contributed by atoms with van der Waals surface area (Å²) in [4.78, 5) is 2.74. The number of hydrogen-bond donors (Lipinski definition) is 1. The van der Waals surface area contributed by atoms with Gasteiger partial charge < -0.3 is 5.32 Å². The minimum absolute atomic E-state index is 0.340. The minimum atomic E-state index is 0.340. The molecule has 2 saturated carbocycles. The molecule has 1 aliphatic heterocycles. The molecule has 2 nitrogen and oxygen atoms in total. The maximum absolute atomic E-state index is 5.94. The molecule has 120 valence electrons. The van der Waals surface area contributed by atoms with Crippen molar-refractivity contribution < 1.29 is 0 Å². The molecule has 2 atom stereocenters. The summed E-state index contributed by atoms with van der Waals surface area (Å²) in [6.45, 7) is 8.05. The Morgan fingerprint density at radius 3 is 2.57 bits per heavy atom. The second-order valence-electron chi connectivity index (χ2n) is 7.85. The smallest absolute Gasteiger partial charge is 0.0338 e. The van der Waals surface area contributed by atoms with Gasteiger partial charge in [-0.15, -0.1) is 0 Å². The van der Waals surface area contributed by atoms with Crippen LogP contribution in [0, 0.1) is 11.8 Å². The van der Waals surface area contributed by atoms with Crippen LogP contribution in [0.4, 0.5) is 0 Å². The average molecular weight is 311 g/mol. The number of halogens is 1. The predicted molar refractivity (Wildman–Crippen MR) is 90.7 cm³/mol. The van der Waals surface area contributed by atoms with Gasteiger partial charge in [-0.2, -0.15) is 0 Å². The lowest BCUT2D eigenvalue weighted by molar-refractivity contribution is 0.0250. The minimum Gasteiger partial charge on any atom is -0.311 e. The SMILES string of the molecule is CC(=CCl)CN1CC(C2CCCCC2)NCC1(C)C1CC1. The Labute approximate surface area is 135 Å². The number of hydrogen-bond acceptors (Lipinski definition) is 2. The van der Waals surface area contributed by atoms with Crippen LogP contribution in [0.25, 0.3) is 0 Å². The van der Waals surface area contributed by atoms with Crippen LogP contribution >= 0.6 is 11.6 Å². The maximum atomic E-state index is 5.94. The first kappa shape index (κ1) is 15.8. The van der Waals surface area contributed by atoms with E-state index >= 15 is 0 Å². The molecule has 0 aromatic carbocycles. The number of rotatable bonds is 4. The van der Waals surface area contributed by atoms with Crippen molar-refractivity contribution in [2.75, 3.05) is 19.6 Å². The monoisotopic (exact) mass is 310 g/mol. The third-order valence-electron chi connectivity index (χ3n) is 6.16. The quantitative estimate of drug-likeness (QED) is 0.839. The molecule has 1 N–H and O–H groups in total. The zero-order valence-electron chi connectivity index (χ0n) is 13.7. The first-order valence-electron chi connectivity index (χ1n) is 8.88. The first-order chi connectivity index (χ1) is 10.1. The fourth-order valence-electron chi connectivity index (χ4n) is 4.50. The van der Waals surface area contributed by atoms with E-state index in [1.807, 2.05) is 0 Å². The highest BCUT2D eigenvalue weighted by Crippen LogP contribution is 2.45. The molecule has 0 amide bonds. The fraction of sp³-hybridized carbons (Fsp3) is 0.889. The van der Waals surface area contributed by atoms with E-state index in [0.29, 0.717) is 11.6 Å². The standard InChI is InChI=1S/C18H31ClN2/c1-14(10-19)11-21-12-17(15-6-4-3-5-7-15)20-13-18(21,2)16-8-9-16/h10,15-17,20H,3-9,11-13H2,1-2H3. The van der Waals surface area contributed by atoms with Gasteiger partial charge in [-0.3, -0.25) is 4.90 Å². The van der Waals surface area contributed by atoms with Crippen molar-refractivity contribution in [3.05, 3.63) is 11.1 Å². The van der Waals surface area contributed by atoms with Crippen molar-refractivity contribution in [1.29, 1.82) is 0 Å². The highest BCUT2D eigenvalue weighted by Gasteiger charge is 2.48. The number of piperazine rings is 1. The third kappa shape index (κ3) is 3.48. The highest BCUT2D eigenvalue weighted by molar-refractivity contribution is 6.25. The lowest BCUT2D eigenvalue weighted by Gasteiger charge is -2.51. The van der Waals surface area contributed by atoms with E-state index in [1.54, 1.807) is 5.54 Å². The Hall–Kier alpha value is -0.0500. The van der Waals surface area contributed by atoms with Crippen LogP contribution in [-0.4, -0.2) is 36.1 Å². The summed E-state index contributed by atoms with van der Waals surface area (Å²) >= 11 is 5.94. The molecule has 3 heteroatoms. The van der Waals surface area contributed by atoms with Crippen LogP contribution in [0.5, 0.6) is 0 Å². The largest absolute Gasteiger partial charge is 0.311 e. The third-order valence-corrected chi connectivity index (χ3v) is 6.54. The van der Waals surface area contributed by atoms with E-state index in [-0.39, 0.29) is 0 Å². The van der Waals surface area contributed by atoms with Gasteiger partial charge in [0.1, 0.15) is 0 Å². The molecule has 2 unspecified atom stereocenters. The van der Waals surface area contributed by atoms with E-state index in [2.05, 4.69) is 24.1 Å². The van der Waals surface area contributed by atoms with Crippen molar-refractivity contribution in [3.8, 4) is 0 Å². The lowest BCUT2D eigenvalue weighted by Crippen LogP contribution is -2.66. The molecule has 1 heterocycles. The van der Waals surface area contributed by atoms with Gasteiger partial charge in [0.25, 0.3) is 0 Å². The molecule has 21 heavy (non-hydrogen) atoms. The van der Waals surface area contributed by atoms with Gasteiger partial charge in [-0.1, -0.05) is 30.9 Å². The molecular formula is C18H31ClN2. The van der Waals surface area contributed by atoms with Gasteiger partial charge in [0.05, 0.1) is 0 Å². The Balaban J connectivity index is 1.69. The van der Waals surface area contributed by atoms with Crippen LogP contribution in [0.3, 0.4) is 0 Å². The van der Waals surface area contributed by atoms with Crippen LogP contribution in [0.15, 0.2) is 11.1 Å². The molecule has 0 aromatic rings. The van der Waals surface area contributed by atoms with Crippen LogP contribution in [0.1, 0.15) is 58.8 Å². The van der Waals surface area contributed by atoms with Crippen molar-refractivity contribution in [1.82, 2.24) is 10.2 Å². The first-order valence-corrected chi connectivity index (χ1v) is 9.31. The summed E-state index contributed by atoms with van der Waals surface area (Å²) in [7, 11) is 0. The molecule has 0 bridgehead atoms. The van der Waals surface area contributed by atoms with Crippen molar-refractivity contribution in [2.45, 2.75) is 70.4 Å². The number of nitrogens with zero attached hydrogens (tertiary/aromatic N) is 1. The Kier molecular flexibility index (Phi) is 4.97. The molecule has 2 aliphatic carbocycles. The van der Waals surface area contributed by atoms with Gasteiger partial charge >= 0.3 is 0 Å². The summed E-state index contributed by atoms with van der Waals surface area (Å²) in [5.74, 6) is 1.78. The molecule has 3 rings (SSSR count). The van der Waals surface area contributed by atoms with Gasteiger partial charge in [0.2, 0.25) is 0 Å². The summed E-state index contributed by atoms with van der Waals surface area (Å²) in [6, 6.07) is 0.695. The fourth-order valence-corrected chi connectivity index (χ4v) is 4.57. The summed E-state index contributed by atoms with van der Waals surface area (Å²) in [5, 5.41) is 3.93. The van der Waals surface area contributed by atoms with E-state index in [1.165, 1.54) is 57.1 Å². The topological polar surface area (TPSA) is 15.3 Å². The van der Waals surface area contributed by atoms with E-state index < -0.39 is 0 Å². The van der Waals surface area contributed by atoms with E-state index in [4.69, 9.17) is 11.6 Å². The molecule has 3 aliphatic rings. The van der Waals surface area contributed by atoms with Crippen LogP contribution in [0.2, 0.25) is 0 Å². The summed E-state index contributed by atoms with van der Waals surface area (Å²) < 4.78 is 0. The van der Waals surface area contributed by atoms with Gasteiger partial charge in [0.15, 0.2) is 0 Å². The highest BCUT2D eigenvalue weighted by atomic mass is 35.5. The molecule has 3 fully saturated rings. The van der Waals surface area contributed by atoms with Gasteiger partial charge in [-0.05, 0) is 56.9 Å². The predicted octanol–water partition coefficient (Wildman–Crippen LogP) is 4.15. The summed E-state index contributed by atoms with van der Waals surface area (Å²) in [5.41, 5.74) is 3.41. The molecule has 0 radical (unpaired) electrons.